The first-order chi connectivity index (χ1) is 10.5. The van der Waals surface area contributed by atoms with Crippen LogP contribution in [0.4, 0.5) is 0 Å². The second kappa shape index (κ2) is 5.02. The lowest BCUT2D eigenvalue weighted by Gasteiger charge is -2.47. The van der Waals surface area contributed by atoms with Crippen LogP contribution >= 0.6 is 0 Å². The average molecular weight is 301 g/mol. The molecule has 4 aliphatic carbocycles. The lowest BCUT2D eigenvalue weighted by atomic mass is 9.61. The summed E-state index contributed by atoms with van der Waals surface area (Å²) in [4.78, 5) is 10.9. The zero-order chi connectivity index (χ0) is 15.4. The highest BCUT2D eigenvalue weighted by Gasteiger charge is 2.54. The van der Waals surface area contributed by atoms with Crippen LogP contribution in [0.5, 0.6) is 0 Å². The van der Waals surface area contributed by atoms with Gasteiger partial charge in [-0.1, -0.05) is 36.2 Å². The van der Waals surface area contributed by atoms with Gasteiger partial charge in [0.15, 0.2) is 0 Å². The zero-order valence-corrected chi connectivity index (χ0v) is 13.6. The largest absolute Gasteiger partial charge is 0.385 e. The number of fused-ring (bicyclic) bond motifs is 4. The van der Waals surface area contributed by atoms with E-state index in [0.29, 0.717) is 17.3 Å². The molecule has 120 valence electrons. The Kier molecular flexibility index (Phi) is 3.34. The molecular weight excluding hydrogens is 274 g/mol. The number of hydrogen-bond acceptors (Lipinski definition) is 3. The molecule has 0 amide bonds. The van der Waals surface area contributed by atoms with Crippen LogP contribution in [0.3, 0.4) is 0 Å². The van der Waals surface area contributed by atoms with E-state index < -0.39 is 5.60 Å². The molecule has 4 rings (SSSR count). The van der Waals surface area contributed by atoms with Crippen molar-refractivity contribution in [2.75, 3.05) is 0 Å². The fourth-order valence-corrected chi connectivity index (χ4v) is 5.83. The number of rotatable bonds is 1. The normalized spacial score (nSPS) is 47.5. The number of allylic oxidation sites excluding steroid dienone is 1. The first kappa shape index (κ1) is 14.6. The Bertz CT molecular complexity index is 552. The predicted octanol–water partition coefficient (Wildman–Crippen LogP) is 4.51. The van der Waals surface area contributed by atoms with Crippen LogP contribution in [0.25, 0.3) is 0 Å². The van der Waals surface area contributed by atoms with Crippen LogP contribution in [-0.2, 0) is 0 Å². The Balaban J connectivity index is 1.71. The van der Waals surface area contributed by atoms with Crippen LogP contribution < -0.4 is 0 Å². The Hall–Kier alpha value is -0.960. The van der Waals surface area contributed by atoms with Crippen LogP contribution in [0.2, 0.25) is 0 Å². The highest BCUT2D eigenvalue weighted by atomic mass is 16.3. The van der Waals surface area contributed by atoms with Crippen molar-refractivity contribution in [1.82, 2.24) is 0 Å². The molecule has 3 nitrogen and oxygen atoms in total. The Morgan fingerprint density at radius 2 is 2.09 bits per heavy atom. The second-order valence-electron chi connectivity index (χ2n) is 8.38. The number of nitrogens with zero attached hydrogens (tertiary/aromatic N) is 1. The van der Waals surface area contributed by atoms with E-state index in [0.717, 1.165) is 50.5 Å². The van der Waals surface area contributed by atoms with Gasteiger partial charge in [-0.05, 0) is 74.2 Å². The fraction of sp³-hybridized carbons (Fsp3) is 0.789. The van der Waals surface area contributed by atoms with Crippen LogP contribution in [-0.4, -0.2) is 16.7 Å². The van der Waals surface area contributed by atoms with E-state index in [9.17, 15) is 10.0 Å². The molecule has 4 aliphatic rings. The van der Waals surface area contributed by atoms with E-state index in [2.05, 4.69) is 24.3 Å². The van der Waals surface area contributed by atoms with Crippen molar-refractivity contribution in [1.29, 1.82) is 0 Å². The molecule has 2 saturated carbocycles. The summed E-state index contributed by atoms with van der Waals surface area (Å²) in [5.74, 6) is 0.971. The van der Waals surface area contributed by atoms with E-state index in [4.69, 9.17) is 0 Å². The van der Waals surface area contributed by atoms with E-state index >= 15 is 0 Å². The Morgan fingerprint density at radius 1 is 1.23 bits per heavy atom. The molecule has 22 heavy (non-hydrogen) atoms. The van der Waals surface area contributed by atoms with Crippen molar-refractivity contribution in [3.8, 4) is 0 Å². The van der Waals surface area contributed by atoms with Gasteiger partial charge in [0.1, 0.15) is 0 Å². The maximum absolute atomic E-state index is 11.6. The van der Waals surface area contributed by atoms with E-state index in [1.807, 2.05) is 0 Å². The molecule has 0 aromatic heterocycles. The third-order valence-corrected chi connectivity index (χ3v) is 7.15. The molecule has 0 aromatic rings. The van der Waals surface area contributed by atoms with Crippen LogP contribution in [0.15, 0.2) is 28.5 Å². The van der Waals surface area contributed by atoms with E-state index in [1.54, 1.807) is 0 Å². The molecule has 0 aliphatic heterocycles. The summed E-state index contributed by atoms with van der Waals surface area (Å²) in [5, 5.41) is 14.9. The van der Waals surface area contributed by atoms with Crippen molar-refractivity contribution in [3.63, 3.8) is 0 Å². The molecule has 4 unspecified atom stereocenters. The molecule has 0 bridgehead atoms. The van der Waals surface area contributed by atoms with Gasteiger partial charge in [-0.25, -0.2) is 0 Å². The topological polar surface area (TPSA) is 49.7 Å². The summed E-state index contributed by atoms with van der Waals surface area (Å²) in [6.07, 6.45) is 14.1. The zero-order valence-electron chi connectivity index (χ0n) is 13.6. The first-order valence-electron chi connectivity index (χ1n) is 9.01. The molecule has 5 atom stereocenters. The van der Waals surface area contributed by atoms with Gasteiger partial charge in [0.2, 0.25) is 0 Å². The quantitative estimate of drug-likeness (QED) is 0.724. The maximum atomic E-state index is 11.6. The smallest absolute Gasteiger partial charge is 0.0957 e. The van der Waals surface area contributed by atoms with E-state index in [1.165, 1.54) is 18.4 Å². The van der Waals surface area contributed by atoms with Gasteiger partial charge in [0.05, 0.1) is 11.6 Å². The van der Waals surface area contributed by atoms with Gasteiger partial charge < -0.3 is 5.11 Å². The molecular formula is C19H27NO2. The summed E-state index contributed by atoms with van der Waals surface area (Å²) in [6, 6.07) is -0.0466. The molecule has 0 heterocycles. The molecule has 0 radical (unpaired) electrons. The summed E-state index contributed by atoms with van der Waals surface area (Å²) in [7, 11) is 0. The summed E-state index contributed by atoms with van der Waals surface area (Å²) in [6.45, 7) is 2.37. The highest BCUT2D eigenvalue weighted by Crippen LogP contribution is 2.58. The average Bonchev–Trinajstić information content (AvgIpc) is 2.85. The standard InChI is InChI=1S/C19H27NO2/c1-18-8-2-3-17(18)19(21)10-6-13-4-5-16(20-22)12-14(13)11-15(19)7-9-18/h7,11,13,16-17,21H,2-6,8-10,12H2,1H3/t13?,16?,17?,18?,19-/m1/s1. The van der Waals surface area contributed by atoms with Crippen molar-refractivity contribution < 1.29 is 5.11 Å². The molecule has 0 saturated heterocycles. The number of aliphatic hydroxyl groups is 1. The lowest BCUT2D eigenvalue weighted by molar-refractivity contribution is -0.0432. The Morgan fingerprint density at radius 3 is 2.91 bits per heavy atom. The van der Waals surface area contributed by atoms with Gasteiger partial charge in [0.25, 0.3) is 0 Å². The van der Waals surface area contributed by atoms with E-state index in [-0.39, 0.29) is 6.04 Å². The third-order valence-electron chi connectivity index (χ3n) is 7.15. The maximum Gasteiger partial charge on any atom is 0.0957 e. The first-order valence-corrected chi connectivity index (χ1v) is 9.01. The summed E-state index contributed by atoms with van der Waals surface area (Å²) < 4.78 is 0. The van der Waals surface area contributed by atoms with Crippen LogP contribution in [0, 0.1) is 22.2 Å². The summed E-state index contributed by atoms with van der Waals surface area (Å²) in [5.41, 5.74) is 2.19. The molecule has 0 spiro atoms. The van der Waals surface area contributed by atoms with Gasteiger partial charge in [0, 0.05) is 0 Å². The number of hydrogen-bond donors (Lipinski definition) is 1. The molecule has 1 N–H and O–H groups in total. The lowest BCUT2D eigenvalue weighted by Crippen LogP contribution is -2.47. The van der Waals surface area contributed by atoms with Gasteiger partial charge in [-0.15, -0.1) is 0 Å². The third kappa shape index (κ3) is 2.05. The minimum absolute atomic E-state index is 0.0466. The van der Waals surface area contributed by atoms with Gasteiger partial charge >= 0.3 is 0 Å². The highest BCUT2D eigenvalue weighted by molar-refractivity contribution is 5.40. The Labute approximate surface area is 132 Å². The molecule has 2 fully saturated rings. The second-order valence-corrected chi connectivity index (χ2v) is 8.38. The minimum Gasteiger partial charge on any atom is -0.385 e. The summed E-state index contributed by atoms with van der Waals surface area (Å²) >= 11 is 0. The van der Waals surface area contributed by atoms with Crippen molar-refractivity contribution in [3.05, 3.63) is 28.2 Å². The van der Waals surface area contributed by atoms with Crippen molar-refractivity contribution >= 4 is 0 Å². The minimum atomic E-state index is -0.627. The predicted molar refractivity (Wildman–Crippen MR) is 87.3 cm³/mol. The fourth-order valence-electron chi connectivity index (χ4n) is 5.83. The molecule has 0 aromatic carbocycles. The SMILES string of the molecule is CC12CC=C3C=C4CC(N=O)CCC4CC[C@]3(O)C1CCC2. The molecule has 3 heteroatoms. The van der Waals surface area contributed by atoms with Gasteiger partial charge in [-0.3, -0.25) is 0 Å². The monoisotopic (exact) mass is 301 g/mol. The van der Waals surface area contributed by atoms with Crippen molar-refractivity contribution in [2.45, 2.75) is 76.4 Å². The van der Waals surface area contributed by atoms with Crippen LogP contribution in [0.1, 0.15) is 64.7 Å². The van der Waals surface area contributed by atoms with Gasteiger partial charge in [-0.2, -0.15) is 4.91 Å². The number of nitroso groups, excluding NO2 is 1. The van der Waals surface area contributed by atoms with Crippen molar-refractivity contribution in [2.24, 2.45) is 22.4 Å².